The van der Waals surface area contributed by atoms with Crippen LogP contribution in [0.5, 0.6) is 0 Å². The monoisotopic (exact) mass is 286 g/mol. The number of fused-ring (bicyclic) bond motifs is 1. The first-order chi connectivity index (χ1) is 10.3. The molecule has 2 aromatic rings. The summed E-state index contributed by atoms with van der Waals surface area (Å²) in [6.07, 6.45) is 2.23. The first-order valence-corrected chi connectivity index (χ1v) is 7.89. The molecule has 1 aromatic carbocycles. The minimum absolute atomic E-state index is 0.930. The summed E-state index contributed by atoms with van der Waals surface area (Å²) >= 11 is 0. The van der Waals surface area contributed by atoms with Crippen LogP contribution in [0.2, 0.25) is 0 Å². The van der Waals surface area contributed by atoms with Crippen LogP contribution < -0.4 is 5.32 Å². The first-order valence-electron chi connectivity index (χ1n) is 7.89. The van der Waals surface area contributed by atoms with Crippen LogP contribution in [0.4, 0.5) is 0 Å². The molecule has 1 aliphatic heterocycles. The summed E-state index contributed by atoms with van der Waals surface area (Å²) in [5, 5.41) is 4.57. The quantitative estimate of drug-likeness (QED) is 0.903. The van der Waals surface area contributed by atoms with Crippen LogP contribution in [-0.2, 0) is 13.1 Å². The van der Waals surface area contributed by atoms with Crippen LogP contribution in [0.25, 0.3) is 10.9 Å². The lowest BCUT2D eigenvalue weighted by Crippen LogP contribution is -2.45. The second-order valence-corrected chi connectivity index (χ2v) is 6.08. The number of likely N-dealkylation sites (N-methyl/N-ethyl adjacent to an activating group) is 1. The van der Waals surface area contributed by atoms with Crippen LogP contribution in [0.15, 0.2) is 30.5 Å². The molecule has 1 fully saturated rings. The van der Waals surface area contributed by atoms with Gasteiger partial charge in [-0.05, 0) is 37.2 Å². The van der Waals surface area contributed by atoms with E-state index < -0.39 is 0 Å². The predicted molar refractivity (Wildman–Crippen MR) is 88.6 cm³/mol. The number of hydrogen-bond donors (Lipinski definition) is 1. The zero-order chi connectivity index (χ0) is 14.7. The fourth-order valence-electron chi connectivity index (χ4n) is 3.06. The lowest BCUT2D eigenvalue weighted by Gasteiger charge is -2.32. The Balaban J connectivity index is 1.67. The highest BCUT2D eigenvalue weighted by molar-refractivity contribution is 5.80. The summed E-state index contributed by atoms with van der Waals surface area (Å²) in [5.74, 6) is 0. The van der Waals surface area contributed by atoms with E-state index in [1.165, 1.54) is 42.6 Å². The SMILES string of the molecule is CNCc1ccc2ccn(CCN3CCN(C)CC3)c2c1. The van der Waals surface area contributed by atoms with Crippen molar-refractivity contribution in [3.63, 3.8) is 0 Å². The zero-order valence-electron chi connectivity index (χ0n) is 13.2. The summed E-state index contributed by atoms with van der Waals surface area (Å²) in [5.41, 5.74) is 2.71. The Morgan fingerprint density at radius 1 is 1.05 bits per heavy atom. The van der Waals surface area contributed by atoms with Crippen LogP contribution in [-0.4, -0.2) is 61.2 Å². The molecule has 1 saturated heterocycles. The third kappa shape index (κ3) is 3.46. The Morgan fingerprint density at radius 3 is 2.62 bits per heavy atom. The standard InChI is InChI=1S/C17H26N4/c1-18-14-15-3-4-16-5-6-21(17(16)13-15)12-11-20-9-7-19(2)8-10-20/h3-6,13,18H,7-12,14H2,1-2H3. The van der Waals surface area contributed by atoms with Crippen molar-refractivity contribution in [1.29, 1.82) is 0 Å². The van der Waals surface area contributed by atoms with Crippen LogP contribution in [0, 0.1) is 0 Å². The van der Waals surface area contributed by atoms with E-state index in [2.05, 4.69) is 57.2 Å². The summed E-state index contributed by atoms with van der Waals surface area (Å²) in [4.78, 5) is 4.98. The molecular formula is C17H26N4. The summed E-state index contributed by atoms with van der Waals surface area (Å²) in [6.45, 7) is 7.93. The maximum absolute atomic E-state index is 3.23. The fraction of sp³-hybridized carbons (Fsp3) is 0.529. The van der Waals surface area contributed by atoms with Gasteiger partial charge in [0.05, 0.1) is 0 Å². The van der Waals surface area contributed by atoms with Gasteiger partial charge in [0, 0.05) is 57.5 Å². The van der Waals surface area contributed by atoms with Crippen LogP contribution in [0.3, 0.4) is 0 Å². The Kier molecular flexibility index (Phi) is 4.58. The molecule has 1 aromatic heterocycles. The zero-order valence-corrected chi connectivity index (χ0v) is 13.2. The van der Waals surface area contributed by atoms with Gasteiger partial charge >= 0.3 is 0 Å². The molecule has 1 N–H and O–H groups in total. The molecular weight excluding hydrogens is 260 g/mol. The third-order valence-electron chi connectivity index (χ3n) is 4.47. The minimum atomic E-state index is 0.930. The molecule has 21 heavy (non-hydrogen) atoms. The molecule has 0 saturated carbocycles. The van der Waals surface area contributed by atoms with Gasteiger partial charge in [0.2, 0.25) is 0 Å². The normalized spacial score (nSPS) is 17.6. The molecule has 0 amide bonds. The van der Waals surface area contributed by atoms with E-state index in [0.29, 0.717) is 0 Å². The molecule has 1 aliphatic rings. The van der Waals surface area contributed by atoms with Crippen molar-refractivity contribution in [3.8, 4) is 0 Å². The number of piperazine rings is 1. The van der Waals surface area contributed by atoms with Crippen LogP contribution in [0.1, 0.15) is 5.56 Å². The molecule has 0 aliphatic carbocycles. The van der Waals surface area contributed by atoms with E-state index in [0.717, 1.165) is 19.6 Å². The van der Waals surface area contributed by atoms with E-state index in [1.807, 2.05) is 7.05 Å². The Morgan fingerprint density at radius 2 is 1.86 bits per heavy atom. The minimum Gasteiger partial charge on any atom is -0.346 e. The van der Waals surface area contributed by atoms with E-state index >= 15 is 0 Å². The van der Waals surface area contributed by atoms with Crippen molar-refractivity contribution in [3.05, 3.63) is 36.0 Å². The molecule has 0 bridgehead atoms. The Hall–Kier alpha value is -1.36. The van der Waals surface area contributed by atoms with Crippen molar-refractivity contribution in [2.45, 2.75) is 13.1 Å². The number of nitrogens with one attached hydrogen (secondary N) is 1. The number of nitrogens with zero attached hydrogens (tertiary/aromatic N) is 3. The summed E-state index contributed by atoms with van der Waals surface area (Å²) in [6, 6.07) is 8.98. The van der Waals surface area contributed by atoms with Gasteiger partial charge in [0.25, 0.3) is 0 Å². The molecule has 0 atom stereocenters. The van der Waals surface area contributed by atoms with Crippen molar-refractivity contribution >= 4 is 10.9 Å². The largest absolute Gasteiger partial charge is 0.346 e. The first kappa shape index (κ1) is 14.6. The smallest absolute Gasteiger partial charge is 0.0483 e. The van der Waals surface area contributed by atoms with Gasteiger partial charge in [0.15, 0.2) is 0 Å². The second-order valence-electron chi connectivity index (χ2n) is 6.08. The number of aromatic nitrogens is 1. The summed E-state index contributed by atoms with van der Waals surface area (Å²) < 4.78 is 2.40. The van der Waals surface area contributed by atoms with E-state index in [4.69, 9.17) is 0 Å². The average Bonchev–Trinajstić information content (AvgIpc) is 2.90. The van der Waals surface area contributed by atoms with Gasteiger partial charge < -0.3 is 14.8 Å². The van der Waals surface area contributed by atoms with Crippen molar-refractivity contribution < 1.29 is 0 Å². The highest BCUT2D eigenvalue weighted by Crippen LogP contribution is 2.18. The second kappa shape index (κ2) is 6.60. The van der Waals surface area contributed by atoms with Gasteiger partial charge in [0.1, 0.15) is 0 Å². The molecule has 3 rings (SSSR count). The third-order valence-corrected chi connectivity index (χ3v) is 4.47. The molecule has 114 valence electrons. The van der Waals surface area contributed by atoms with Crippen LogP contribution >= 0.6 is 0 Å². The maximum Gasteiger partial charge on any atom is 0.0483 e. The number of hydrogen-bond acceptors (Lipinski definition) is 3. The Bertz CT molecular complexity index is 581. The lowest BCUT2D eigenvalue weighted by molar-refractivity contribution is 0.150. The molecule has 4 heteroatoms. The Labute approximate surface area is 127 Å². The lowest BCUT2D eigenvalue weighted by atomic mass is 10.1. The molecule has 2 heterocycles. The van der Waals surface area contributed by atoms with E-state index in [1.54, 1.807) is 0 Å². The molecule has 0 spiro atoms. The maximum atomic E-state index is 3.23. The topological polar surface area (TPSA) is 23.4 Å². The van der Waals surface area contributed by atoms with Gasteiger partial charge in [-0.25, -0.2) is 0 Å². The van der Waals surface area contributed by atoms with Gasteiger partial charge in [-0.1, -0.05) is 12.1 Å². The summed E-state index contributed by atoms with van der Waals surface area (Å²) in [7, 11) is 4.21. The van der Waals surface area contributed by atoms with E-state index in [9.17, 15) is 0 Å². The van der Waals surface area contributed by atoms with Gasteiger partial charge in [-0.15, -0.1) is 0 Å². The highest BCUT2D eigenvalue weighted by Gasteiger charge is 2.13. The van der Waals surface area contributed by atoms with Crippen molar-refractivity contribution in [2.24, 2.45) is 0 Å². The average molecular weight is 286 g/mol. The molecule has 0 unspecified atom stereocenters. The number of rotatable bonds is 5. The van der Waals surface area contributed by atoms with Crippen molar-refractivity contribution in [1.82, 2.24) is 19.7 Å². The van der Waals surface area contributed by atoms with Crippen molar-refractivity contribution in [2.75, 3.05) is 46.8 Å². The number of benzene rings is 1. The predicted octanol–water partition coefficient (Wildman–Crippen LogP) is 1.61. The van der Waals surface area contributed by atoms with Gasteiger partial charge in [-0.2, -0.15) is 0 Å². The van der Waals surface area contributed by atoms with Gasteiger partial charge in [-0.3, -0.25) is 4.90 Å². The molecule has 0 radical (unpaired) electrons. The highest BCUT2D eigenvalue weighted by atomic mass is 15.2. The molecule has 4 nitrogen and oxygen atoms in total. The fourth-order valence-corrected chi connectivity index (χ4v) is 3.06. The van der Waals surface area contributed by atoms with E-state index in [-0.39, 0.29) is 0 Å².